The fourth-order valence-corrected chi connectivity index (χ4v) is 10.3. The van der Waals surface area contributed by atoms with Crippen molar-refractivity contribution < 1.29 is 4.42 Å². The van der Waals surface area contributed by atoms with Gasteiger partial charge in [0.1, 0.15) is 11.2 Å². The van der Waals surface area contributed by atoms with Gasteiger partial charge >= 0.3 is 0 Å². The predicted molar refractivity (Wildman–Crippen MR) is 281 cm³/mol. The highest BCUT2D eigenvalue weighted by Crippen LogP contribution is 2.42. The maximum Gasteiger partial charge on any atom is 0.164 e. The summed E-state index contributed by atoms with van der Waals surface area (Å²) in [5, 5.41) is 11.5. The van der Waals surface area contributed by atoms with Gasteiger partial charge in [-0.05, 0) is 116 Å². The molecule has 3 heterocycles. The van der Waals surface area contributed by atoms with E-state index in [-0.39, 0.29) is 0 Å². The summed E-state index contributed by atoms with van der Waals surface area (Å²) in [4.78, 5) is 15.8. The lowest BCUT2D eigenvalue weighted by molar-refractivity contribution is 0.669. The van der Waals surface area contributed by atoms with E-state index in [4.69, 9.17) is 19.4 Å². The zero-order valence-corrected chi connectivity index (χ0v) is 36.6. The Morgan fingerprint density at radius 1 is 0.279 bits per heavy atom. The van der Waals surface area contributed by atoms with Crippen molar-refractivity contribution in [3.63, 3.8) is 0 Å². The second kappa shape index (κ2) is 15.2. The van der Waals surface area contributed by atoms with Crippen LogP contribution in [0.15, 0.2) is 235 Å². The van der Waals surface area contributed by atoms with Gasteiger partial charge < -0.3 is 8.98 Å². The van der Waals surface area contributed by atoms with E-state index in [1.54, 1.807) is 0 Å². The quantitative estimate of drug-likeness (QED) is 0.167. The van der Waals surface area contributed by atoms with Crippen LogP contribution in [0.25, 0.3) is 138 Å². The number of benzene rings is 11. The third-order valence-corrected chi connectivity index (χ3v) is 13.6. The van der Waals surface area contributed by atoms with Crippen LogP contribution in [0, 0.1) is 0 Å². The average molecular weight is 867 g/mol. The molecule has 0 saturated heterocycles. The lowest BCUT2D eigenvalue weighted by Gasteiger charge is -2.17. The van der Waals surface area contributed by atoms with Gasteiger partial charge in [0.2, 0.25) is 0 Å². The second-order valence-corrected chi connectivity index (χ2v) is 17.6. The molecule has 0 aliphatic rings. The van der Waals surface area contributed by atoms with Gasteiger partial charge in [0, 0.05) is 43.6 Å². The number of para-hydroxylation sites is 1. The van der Waals surface area contributed by atoms with Gasteiger partial charge in [0.05, 0.1) is 16.7 Å². The van der Waals surface area contributed by atoms with E-state index in [1.807, 2.05) is 36.4 Å². The van der Waals surface area contributed by atoms with Gasteiger partial charge in [-0.25, -0.2) is 15.0 Å². The molecule has 14 rings (SSSR count). The normalized spacial score (nSPS) is 11.8. The van der Waals surface area contributed by atoms with Crippen molar-refractivity contribution in [3.8, 4) is 62.1 Å². The number of fused-ring (bicyclic) bond motifs is 9. The van der Waals surface area contributed by atoms with Gasteiger partial charge in [-0.2, -0.15) is 0 Å². The molecule has 0 N–H and O–H groups in total. The number of rotatable bonds is 6. The Morgan fingerprint density at radius 3 is 1.50 bits per heavy atom. The highest BCUT2D eigenvalue weighted by atomic mass is 16.3. The molecule has 0 bridgehead atoms. The second-order valence-electron chi connectivity index (χ2n) is 17.6. The summed E-state index contributed by atoms with van der Waals surface area (Å²) in [7, 11) is 0. The molecule has 0 aliphatic carbocycles. The third kappa shape index (κ3) is 6.21. The van der Waals surface area contributed by atoms with Crippen molar-refractivity contribution in [1.29, 1.82) is 0 Å². The minimum Gasteiger partial charge on any atom is -0.456 e. The molecule has 0 atom stereocenters. The van der Waals surface area contributed by atoms with E-state index < -0.39 is 0 Å². The molecule has 5 heteroatoms. The molecule has 0 radical (unpaired) electrons. The van der Waals surface area contributed by atoms with Crippen LogP contribution in [0.2, 0.25) is 0 Å². The van der Waals surface area contributed by atoms with Gasteiger partial charge in [-0.3, -0.25) is 0 Å². The Kier molecular flexibility index (Phi) is 8.52. The highest BCUT2D eigenvalue weighted by molar-refractivity contribution is 6.18. The molecule has 0 aliphatic heterocycles. The van der Waals surface area contributed by atoms with E-state index in [9.17, 15) is 0 Å². The maximum atomic E-state index is 6.38. The standard InChI is InChI=1S/C63H38N4O/c1-3-14-39(15-4-1)41-22-13-23-42(32-41)47-26-28-49-53(33-47)52(30-31-56(49)67-57-36-45-20-9-7-18-43(45)34-54(57)55-35-44-19-8-10-21-46(44)37-58(55)67)63-65-61(40-16-5-2-6-17-40)64-62(66-63)48-27-29-51-50-24-11-12-25-59(50)68-60(51)38-48/h1-38H. The van der Waals surface area contributed by atoms with E-state index in [1.165, 1.54) is 37.9 Å². The molecule has 0 amide bonds. The molecule has 3 aromatic heterocycles. The first-order valence-electron chi connectivity index (χ1n) is 23.0. The lowest BCUT2D eigenvalue weighted by atomic mass is 9.94. The minimum atomic E-state index is 0.571. The molecular weight excluding hydrogens is 829 g/mol. The summed E-state index contributed by atoms with van der Waals surface area (Å²) < 4.78 is 8.84. The van der Waals surface area contributed by atoms with Crippen molar-refractivity contribution in [3.05, 3.63) is 231 Å². The molecule has 0 fully saturated rings. The van der Waals surface area contributed by atoms with E-state index in [0.717, 1.165) is 82.8 Å². The zero-order valence-electron chi connectivity index (χ0n) is 36.6. The Hall–Kier alpha value is -9.19. The number of aromatic nitrogens is 4. The highest BCUT2D eigenvalue weighted by Gasteiger charge is 2.21. The summed E-state index contributed by atoms with van der Waals surface area (Å²) in [6.45, 7) is 0. The van der Waals surface area contributed by atoms with Gasteiger partial charge in [-0.1, -0.05) is 164 Å². The first-order chi connectivity index (χ1) is 33.7. The summed E-state index contributed by atoms with van der Waals surface area (Å²) in [6, 6.07) is 82.0. The smallest absolute Gasteiger partial charge is 0.164 e. The van der Waals surface area contributed by atoms with Crippen molar-refractivity contribution >= 4 is 76.1 Å². The zero-order chi connectivity index (χ0) is 44.7. The van der Waals surface area contributed by atoms with Crippen LogP contribution in [-0.2, 0) is 0 Å². The molecule has 68 heavy (non-hydrogen) atoms. The molecule has 316 valence electrons. The fourth-order valence-electron chi connectivity index (χ4n) is 10.3. The van der Waals surface area contributed by atoms with Crippen LogP contribution in [-0.4, -0.2) is 19.5 Å². The van der Waals surface area contributed by atoms with E-state index >= 15 is 0 Å². The molecule has 14 aromatic rings. The Bertz CT molecular complexity index is 4230. The van der Waals surface area contributed by atoms with Crippen LogP contribution in [0.1, 0.15) is 0 Å². The number of nitrogens with zero attached hydrogens (tertiary/aromatic N) is 4. The number of furan rings is 1. The summed E-state index contributed by atoms with van der Waals surface area (Å²) in [5.41, 5.74) is 12.2. The number of hydrogen-bond acceptors (Lipinski definition) is 4. The van der Waals surface area contributed by atoms with Crippen LogP contribution < -0.4 is 0 Å². The lowest BCUT2D eigenvalue weighted by Crippen LogP contribution is -2.02. The average Bonchev–Trinajstić information content (AvgIpc) is 3.93. The summed E-state index contributed by atoms with van der Waals surface area (Å²) >= 11 is 0. The van der Waals surface area contributed by atoms with Gasteiger partial charge in [0.25, 0.3) is 0 Å². The van der Waals surface area contributed by atoms with Crippen LogP contribution in [0.5, 0.6) is 0 Å². The molecule has 0 saturated carbocycles. The molecule has 11 aromatic carbocycles. The first kappa shape index (κ1) is 38.1. The fraction of sp³-hybridized carbons (Fsp3) is 0. The third-order valence-electron chi connectivity index (χ3n) is 13.6. The van der Waals surface area contributed by atoms with Crippen LogP contribution in [0.4, 0.5) is 0 Å². The minimum absolute atomic E-state index is 0.571. The Labute approximate surface area is 390 Å². The predicted octanol–water partition coefficient (Wildman–Crippen LogP) is 16.7. The van der Waals surface area contributed by atoms with Crippen molar-refractivity contribution in [2.24, 2.45) is 0 Å². The monoisotopic (exact) mass is 866 g/mol. The van der Waals surface area contributed by atoms with Crippen molar-refractivity contribution in [1.82, 2.24) is 19.5 Å². The Morgan fingerprint density at radius 2 is 0.794 bits per heavy atom. The van der Waals surface area contributed by atoms with Crippen LogP contribution in [0.3, 0.4) is 0 Å². The molecule has 0 unspecified atom stereocenters. The van der Waals surface area contributed by atoms with Crippen molar-refractivity contribution in [2.45, 2.75) is 0 Å². The largest absolute Gasteiger partial charge is 0.456 e. The summed E-state index contributed by atoms with van der Waals surface area (Å²) in [5.74, 6) is 1.76. The topological polar surface area (TPSA) is 56.7 Å². The van der Waals surface area contributed by atoms with Crippen LogP contribution >= 0.6 is 0 Å². The van der Waals surface area contributed by atoms with Gasteiger partial charge in [-0.15, -0.1) is 0 Å². The molecule has 0 spiro atoms. The SMILES string of the molecule is c1ccc(-c2cccc(-c3ccc4c(-n5c6cc7ccccc7cc6c6cc7ccccc7cc65)ccc(-c5nc(-c6ccccc6)nc(-c6ccc7c(c6)oc6ccccc67)n5)c4c3)c2)cc1. The van der Waals surface area contributed by atoms with E-state index in [0.29, 0.717) is 17.5 Å². The Balaban J connectivity index is 1.04. The van der Waals surface area contributed by atoms with E-state index in [2.05, 4.69) is 199 Å². The number of hydrogen-bond donors (Lipinski definition) is 0. The summed E-state index contributed by atoms with van der Waals surface area (Å²) in [6.07, 6.45) is 0. The van der Waals surface area contributed by atoms with Gasteiger partial charge in [0.15, 0.2) is 17.5 Å². The molecule has 5 nitrogen and oxygen atoms in total. The maximum absolute atomic E-state index is 6.38. The molecular formula is C63H38N4O. The van der Waals surface area contributed by atoms with Crippen molar-refractivity contribution in [2.75, 3.05) is 0 Å². The first-order valence-corrected chi connectivity index (χ1v) is 23.0.